The summed E-state index contributed by atoms with van der Waals surface area (Å²) in [5.74, 6) is -1.69. The molecular weight excluding hydrogens is 348 g/mol. The van der Waals surface area contributed by atoms with E-state index >= 15 is 0 Å². The molecule has 0 aliphatic carbocycles. The number of hydrogen-bond acceptors (Lipinski definition) is 4. The number of carboxylic acids is 1. The largest absolute Gasteiger partial charge is 0.481 e. The second kappa shape index (κ2) is 8.18. The standard InChI is InChI=1S/C20H22N2O5/c23-17(10-15-6-3-5-14-4-1-2-7-16(14)15)21-12-18(24)22-20(11-19(25)26)8-9-27-13-20/h1-7H,8-13H2,(H,21,23)(H,22,24)(H,25,26). The van der Waals surface area contributed by atoms with Crippen LogP contribution in [0.1, 0.15) is 18.4 Å². The number of ether oxygens (including phenoxy) is 1. The number of carboxylic acid groups (broad SMARTS) is 1. The fourth-order valence-corrected chi connectivity index (χ4v) is 3.38. The van der Waals surface area contributed by atoms with E-state index in [0.29, 0.717) is 13.0 Å². The summed E-state index contributed by atoms with van der Waals surface area (Å²) in [7, 11) is 0. The van der Waals surface area contributed by atoms with Crippen molar-refractivity contribution in [2.75, 3.05) is 19.8 Å². The molecule has 0 saturated carbocycles. The van der Waals surface area contributed by atoms with Crippen LogP contribution in [0.3, 0.4) is 0 Å². The van der Waals surface area contributed by atoms with Crippen molar-refractivity contribution in [2.24, 2.45) is 0 Å². The van der Waals surface area contributed by atoms with Crippen LogP contribution in [0.4, 0.5) is 0 Å². The number of carbonyl (C=O) groups is 3. The van der Waals surface area contributed by atoms with Crippen molar-refractivity contribution in [1.29, 1.82) is 0 Å². The third-order valence-corrected chi connectivity index (χ3v) is 4.67. The fraction of sp³-hybridized carbons (Fsp3) is 0.350. The van der Waals surface area contributed by atoms with Crippen LogP contribution < -0.4 is 10.6 Å². The van der Waals surface area contributed by atoms with Crippen LogP contribution in [0.25, 0.3) is 10.8 Å². The number of aliphatic carboxylic acids is 1. The Morgan fingerprint density at radius 1 is 1.07 bits per heavy atom. The SMILES string of the molecule is O=C(O)CC1(NC(=O)CNC(=O)Cc2cccc3ccccc23)CCOC1. The zero-order valence-corrected chi connectivity index (χ0v) is 14.9. The molecule has 0 aromatic heterocycles. The van der Waals surface area contributed by atoms with Crippen molar-refractivity contribution < 1.29 is 24.2 Å². The molecule has 0 radical (unpaired) electrons. The highest BCUT2D eigenvalue weighted by atomic mass is 16.5. The molecule has 7 heteroatoms. The molecule has 7 nitrogen and oxygen atoms in total. The molecule has 2 aromatic carbocycles. The van der Waals surface area contributed by atoms with Gasteiger partial charge in [0.05, 0.1) is 31.5 Å². The summed E-state index contributed by atoms with van der Waals surface area (Å²) in [6.45, 7) is 0.362. The molecule has 2 aromatic rings. The van der Waals surface area contributed by atoms with Crippen molar-refractivity contribution in [3.63, 3.8) is 0 Å². The maximum absolute atomic E-state index is 12.2. The van der Waals surface area contributed by atoms with E-state index in [-0.39, 0.29) is 31.9 Å². The minimum absolute atomic E-state index is 0.162. The van der Waals surface area contributed by atoms with Gasteiger partial charge < -0.3 is 20.5 Å². The number of amides is 2. The lowest BCUT2D eigenvalue weighted by molar-refractivity contribution is -0.139. The molecule has 27 heavy (non-hydrogen) atoms. The van der Waals surface area contributed by atoms with E-state index in [4.69, 9.17) is 9.84 Å². The lowest BCUT2D eigenvalue weighted by Gasteiger charge is -2.27. The van der Waals surface area contributed by atoms with E-state index in [1.165, 1.54) is 0 Å². The Balaban J connectivity index is 1.55. The molecular formula is C20H22N2O5. The molecule has 1 aliphatic heterocycles. The van der Waals surface area contributed by atoms with E-state index in [0.717, 1.165) is 16.3 Å². The highest BCUT2D eigenvalue weighted by Gasteiger charge is 2.38. The van der Waals surface area contributed by atoms with Crippen molar-refractivity contribution >= 4 is 28.6 Å². The second-order valence-electron chi connectivity index (χ2n) is 6.79. The highest BCUT2D eigenvalue weighted by molar-refractivity contribution is 5.91. The van der Waals surface area contributed by atoms with Gasteiger partial charge in [0, 0.05) is 6.61 Å². The van der Waals surface area contributed by atoms with Crippen LogP contribution in [0, 0.1) is 0 Å². The molecule has 2 amide bonds. The number of hydrogen-bond donors (Lipinski definition) is 3. The summed E-state index contributed by atoms with van der Waals surface area (Å²) in [6, 6.07) is 13.6. The first-order chi connectivity index (χ1) is 13.0. The Bertz CT molecular complexity index is 853. The van der Waals surface area contributed by atoms with Gasteiger partial charge >= 0.3 is 5.97 Å². The normalized spacial score (nSPS) is 19.0. The van der Waals surface area contributed by atoms with Crippen LogP contribution >= 0.6 is 0 Å². The van der Waals surface area contributed by atoms with Gasteiger partial charge in [0.2, 0.25) is 11.8 Å². The molecule has 0 spiro atoms. The summed E-state index contributed by atoms with van der Waals surface area (Å²) in [6.07, 6.45) is 0.399. The van der Waals surface area contributed by atoms with Gasteiger partial charge in [0.1, 0.15) is 0 Å². The predicted molar refractivity (Wildman–Crippen MR) is 99.2 cm³/mol. The quantitative estimate of drug-likeness (QED) is 0.680. The van der Waals surface area contributed by atoms with Gasteiger partial charge in [-0.2, -0.15) is 0 Å². The van der Waals surface area contributed by atoms with Crippen LogP contribution in [0.15, 0.2) is 42.5 Å². The number of fused-ring (bicyclic) bond motifs is 1. The Labute approximate surface area is 156 Å². The first kappa shape index (κ1) is 18.8. The number of benzene rings is 2. The van der Waals surface area contributed by atoms with E-state index in [1.807, 2.05) is 42.5 Å². The van der Waals surface area contributed by atoms with Crippen molar-refractivity contribution in [3.8, 4) is 0 Å². The molecule has 1 unspecified atom stereocenters. The van der Waals surface area contributed by atoms with Crippen LogP contribution in [-0.4, -0.2) is 48.2 Å². The van der Waals surface area contributed by atoms with Crippen molar-refractivity contribution in [2.45, 2.75) is 24.8 Å². The number of nitrogens with one attached hydrogen (secondary N) is 2. The first-order valence-electron chi connectivity index (χ1n) is 8.81. The van der Waals surface area contributed by atoms with E-state index < -0.39 is 17.4 Å². The molecule has 3 N–H and O–H groups in total. The molecule has 1 atom stereocenters. The maximum atomic E-state index is 12.2. The van der Waals surface area contributed by atoms with Gasteiger partial charge in [0.15, 0.2) is 0 Å². The average molecular weight is 370 g/mol. The van der Waals surface area contributed by atoms with Crippen LogP contribution in [-0.2, 0) is 25.5 Å². The third-order valence-electron chi connectivity index (χ3n) is 4.67. The maximum Gasteiger partial charge on any atom is 0.305 e. The fourth-order valence-electron chi connectivity index (χ4n) is 3.38. The van der Waals surface area contributed by atoms with Crippen LogP contribution in [0.2, 0.25) is 0 Å². The van der Waals surface area contributed by atoms with E-state index in [2.05, 4.69) is 10.6 Å². The number of rotatable bonds is 7. The van der Waals surface area contributed by atoms with Crippen molar-refractivity contribution in [1.82, 2.24) is 10.6 Å². The van der Waals surface area contributed by atoms with E-state index in [9.17, 15) is 14.4 Å². The van der Waals surface area contributed by atoms with Gasteiger partial charge in [-0.25, -0.2) is 0 Å². The smallest absolute Gasteiger partial charge is 0.305 e. The second-order valence-corrected chi connectivity index (χ2v) is 6.79. The first-order valence-corrected chi connectivity index (χ1v) is 8.81. The Morgan fingerprint density at radius 3 is 2.59 bits per heavy atom. The Morgan fingerprint density at radius 2 is 1.85 bits per heavy atom. The predicted octanol–water partition coefficient (Wildman–Crippen LogP) is 1.25. The average Bonchev–Trinajstić information content (AvgIpc) is 3.07. The summed E-state index contributed by atoms with van der Waals surface area (Å²) >= 11 is 0. The van der Waals surface area contributed by atoms with Gasteiger partial charge in [-0.05, 0) is 22.8 Å². The summed E-state index contributed by atoms with van der Waals surface area (Å²) < 4.78 is 5.24. The molecule has 1 saturated heterocycles. The summed E-state index contributed by atoms with van der Waals surface area (Å²) in [5, 5.41) is 16.4. The van der Waals surface area contributed by atoms with Crippen molar-refractivity contribution in [3.05, 3.63) is 48.0 Å². The third kappa shape index (κ3) is 4.83. The van der Waals surface area contributed by atoms with Gasteiger partial charge in [0.25, 0.3) is 0 Å². The zero-order chi connectivity index (χ0) is 19.3. The Kier molecular flexibility index (Phi) is 5.71. The van der Waals surface area contributed by atoms with E-state index in [1.54, 1.807) is 0 Å². The molecule has 1 aliphatic rings. The summed E-state index contributed by atoms with van der Waals surface area (Å²) in [5.41, 5.74) is -0.0129. The minimum atomic E-state index is -0.999. The topological polar surface area (TPSA) is 105 Å². The minimum Gasteiger partial charge on any atom is -0.481 e. The van der Waals surface area contributed by atoms with Gasteiger partial charge in [-0.1, -0.05) is 42.5 Å². The number of carbonyl (C=O) groups excluding carboxylic acids is 2. The monoisotopic (exact) mass is 370 g/mol. The highest BCUT2D eigenvalue weighted by Crippen LogP contribution is 2.22. The molecule has 3 rings (SSSR count). The molecule has 1 heterocycles. The lowest BCUT2D eigenvalue weighted by atomic mass is 9.94. The van der Waals surface area contributed by atoms with Gasteiger partial charge in [-0.3, -0.25) is 14.4 Å². The lowest BCUT2D eigenvalue weighted by Crippen LogP contribution is -2.53. The molecule has 0 bridgehead atoms. The Hall–Kier alpha value is -2.93. The molecule has 142 valence electrons. The molecule has 1 fully saturated rings. The van der Waals surface area contributed by atoms with Crippen LogP contribution in [0.5, 0.6) is 0 Å². The zero-order valence-electron chi connectivity index (χ0n) is 14.9. The van der Waals surface area contributed by atoms with Gasteiger partial charge in [-0.15, -0.1) is 0 Å². The summed E-state index contributed by atoms with van der Waals surface area (Å²) in [4.78, 5) is 35.5.